The topological polar surface area (TPSA) is 84.1 Å². The van der Waals surface area contributed by atoms with Crippen LogP contribution in [-0.2, 0) is 4.79 Å². The van der Waals surface area contributed by atoms with Crippen molar-refractivity contribution in [2.75, 3.05) is 23.7 Å². The van der Waals surface area contributed by atoms with Crippen LogP contribution in [0.25, 0.3) is 0 Å². The van der Waals surface area contributed by atoms with Gasteiger partial charge in [-0.3, -0.25) is 4.79 Å². The van der Waals surface area contributed by atoms with Gasteiger partial charge in [0, 0.05) is 25.2 Å². The Kier molecular flexibility index (Phi) is 5.20. The summed E-state index contributed by atoms with van der Waals surface area (Å²) < 4.78 is 0. The second kappa shape index (κ2) is 7.34. The lowest BCUT2D eigenvalue weighted by molar-refractivity contribution is -0.126. The molecule has 1 saturated carbocycles. The molecule has 1 amide bonds. The number of anilines is 2. The lowest BCUT2D eigenvalue weighted by Crippen LogP contribution is -2.46. The van der Waals surface area contributed by atoms with Crippen LogP contribution in [0.5, 0.6) is 0 Å². The molecular weight excluding hydrogens is 314 g/mol. The molecule has 1 atom stereocenters. The van der Waals surface area contributed by atoms with E-state index in [4.69, 9.17) is 17.3 Å². The van der Waals surface area contributed by atoms with Crippen LogP contribution < -0.4 is 16.0 Å². The maximum absolute atomic E-state index is 12.6. The average molecular weight is 338 g/mol. The van der Waals surface area contributed by atoms with Gasteiger partial charge in [0.25, 0.3) is 0 Å². The number of carbonyl (C=O) groups excluding carboxylic acids is 1. The van der Waals surface area contributed by atoms with Crippen LogP contribution in [0.15, 0.2) is 6.07 Å². The van der Waals surface area contributed by atoms with Crippen molar-refractivity contribution >= 4 is 29.3 Å². The fourth-order valence-electron chi connectivity index (χ4n) is 3.55. The largest absolute Gasteiger partial charge is 0.368 e. The van der Waals surface area contributed by atoms with E-state index in [1.54, 1.807) is 6.07 Å². The Labute approximate surface area is 141 Å². The van der Waals surface area contributed by atoms with Crippen molar-refractivity contribution in [3.8, 4) is 0 Å². The van der Waals surface area contributed by atoms with E-state index in [0.717, 1.165) is 32.2 Å². The fraction of sp³-hybridized carbons (Fsp3) is 0.688. The Balaban J connectivity index is 1.62. The zero-order valence-electron chi connectivity index (χ0n) is 13.3. The molecule has 2 aliphatic rings. The van der Waals surface area contributed by atoms with Crippen molar-refractivity contribution in [3.05, 3.63) is 11.2 Å². The lowest BCUT2D eigenvalue weighted by atomic mass is 9.93. The van der Waals surface area contributed by atoms with Crippen molar-refractivity contribution in [2.45, 2.75) is 51.0 Å². The summed E-state index contributed by atoms with van der Waals surface area (Å²) in [4.78, 5) is 22.8. The third kappa shape index (κ3) is 4.25. The van der Waals surface area contributed by atoms with Crippen LogP contribution in [-0.4, -0.2) is 35.0 Å². The number of rotatable bonds is 3. The Morgan fingerprint density at radius 2 is 2.00 bits per heavy atom. The van der Waals surface area contributed by atoms with Gasteiger partial charge in [-0.2, -0.15) is 4.98 Å². The van der Waals surface area contributed by atoms with Crippen LogP contribution in [0.2, 0.25) is 5.15 Å². The van der Waals surface area contributed by atoms with E-state index in [-0.39, 0.29) is 17.8 Å². The molecule has 2 fully saturated rings. The molecule has 0 radical (unpaired) electrons. The molecule has 1 aromatic rings. The van der Waals surface area contributed by atoms with E-state index in [0.29, 0.717) is 23.6 Å². The summed E-state index contributed by atoms with van der Waals surface area (Å²) >= 11 is 5.96. The number of aromatic nitrogens is 2. The van der Waals surface area contributed by atoms with Crippen molar-refractivity contribution in [1.29, 1.82) is 0 Å². The molecule has 1 unspecified atom stereocenters. The van der Waals surface area contributed by atoms with E-state index in [2.05, 4.69) is 20.2 Å². The van der Waals surface area contributed by atoms with Crippen molar-refractivity contribution < 1.29 is 4.79 Å². The van der Waals surface area contributed by atoms with Crippen LogP contribution in [0.1, 0.15) is 44.9 Å². The standard InChI is InChI=1S/C16H24ClN5O/c17-13-9-14(21-16(18)20-13)22-8-4-5-11(10-22)15(23)19-12-6-2-1-3-7-12/h9,11-12H,1-8,10H2,(H,19,23)(H2,18,20,21). The first-order valence-corrected chi connectivity index (χ1v) is 8.85. The molecule has 1 aliphatic carbocycles. The van der Waals surface area contributed by atoms with E-state index in [1.807, 2.05) is 0 Å². The van der Waals surface area contributed by atoms with Crippen LogP contribution in [0.4, 0.5) is 11.8 Å². The molecule has 0 spiro atoms. The van der Waals surface area contributed by atoms with E-state index in [1.165, 1.54) is 19.3 Å². The minimum absolute atomic E-state index is 0.000594. The number of nitrogen functional groups attached to an aromatic ring is 1. The number of amides is 1. The highest BCUT2D eigenvalue weighted by Crippen LogP contribution is 2.25. The number of halogens is 1. The third-order valence-electron chi connectivity index (χ3n) is 4.77. The Morgan fingerprint density at radius 3 is 2.74 bits per heavy atom. The van der Waals surface area contributed by atoms with E-state index in [9.17, 15) is 4.79 Å². The maximum Gasteiger partial charge on any atom is 0.225 e. The molecule has 1 aromatic heterocycles. The minimum Gasteiger partial charge on any atom is -0.368 e. The first-order valence-electron chi connectivity index (χ1n) is 8.47. The van der Waals surface area contributed by atoms with Gasteiger partial charge in [0.2, 0.25) is 11.9 Å². The molecule has 6 nitrogen and oxygen atoms in total. The SMILES string of the molecule is Nc1nc(Cl)cc(N2CCCC(C(=O)NC3CCCCC3)C2)n1. The van der Waals surface area contributed by atoms with Gasteiger partial charge < -0.3 is 16.0 Å². The Hall–Kier alpha value is -1.56. The molecule has 126 valence electrons. The van der Waals surface area contributed by atoms with Gasteiger partial charge in [0.15, 0.2) is 0 Å². The van der Waals surface area contributed by atoms with Crippen molar-refractivity contribution in [1.82, 2.24) is 15.3 Å². The van der Waals surface area contributed by atoms with Gasteiger partial charge in [-0.1, -0.05) is 30.9 Å². The lowest BCUT2D eigenvalue weighted by Gasteiger charge is -2.34. The van der Waals surface area contributed by atoms with Crippen molar-refractivity contribution in [3.63, 3.8) is 0 Å². The number of hydrogen-bond donors (Lipinski definition) is 2. The quantitative estimate of drug-likeness (QED) is 0.827. The van der Waals surface area contributed by atoms with Gasteiger partial charge in [-0.25, -0.2) is 4.98 Å². The highest BCUT2D eigenvalue weighted by atomic mass is 35.5. The van der Waals surface area contributed by atoms with Gasteiger partial charge in [-0.15, -0.1) is 0 Å². The average Bonchev–Trinajstić information content (AvgIpc) is 2.55. The molecule has 3 rings (SSSR count). The molecule has 23 heavy (non-hydrogen) atoms. The summed E-state index contributed by atoms with van der Waals surface area (Å²) in [5, 5.41) is 3.57. The molecule has 2 heterocycles. The van der Waals surface area contributed by atoms with Gasteiger partial charge in [0.1, 0.15) is 11.0 Å². The molecule has 3 N–H and O–H groups in total. The highest BCUT2D eigenvalue weighted by molar-refractivity contribution is 6.29. The first-order chi connectivity index (χ1) is 11.1. The Morgan fingerprint density at radius 1 is 1.22 bits per heavy atom. The summed E-state index contributed by atoms with van der Waals surface area (Å²) in [6.07, 6.45) is 7.84. The third-order valence-corrected chi connectivity index (χ3v) is 4.96. The molecule has 7 heteroatoms. The monoisotopic (exact) mass is 337 g/mol. The number of piperidine rings is 1. The Bertz CT molecular complexity index is 541. The second-order valence-electron chi connectivity index (χ2n) is 6.54. The number of nitrogens with one attached hydrogen (secondary N) is 1. The molecule has 1 saturated heterocycles. The van der Waals surface area contributed by atoms with Gasteiger partial charge in [-0.05, 0) is 25.7 Å². The van der Waals surface area contributed by atoms with Crippen LogP contribution >= 0.6 is 11.6 Å². The van der Waals surface area contributed by atoms with Crippen molar-refractivity contribution in [2.24, 2.45) is 5.92 Å². The summed E-state index contributed by atoms with van der Waals surface area (Å²) in [6.45, 7) is 1.52. The zero-order valence-corrected chi connectivity index (χ0v) is 14.1. The number of nitrogens with two attached hydrogens (primary N) is 1. The van der Waals surface area contributed by atoms with Crippen LogP contribution in [0, 0.1) is 5.92 Å². The minimum atomic E-state index is 0.000594. The van der Waals surface area contributed by atoms with Gasteiger partial charge in [0.05, 0.1) is 5.92 Å². The normalized spacial score (nSPS) is 22.8. The molecule has 0 bridgehead atoms. The number of hydrogen-bond acceptors (Lipinski definition) is 5. The molecule has 0 aromatic carbocycles. The van der Waals surface area contributed by atoms with E-state index < -0.39 is 0 Å². The number of carbonyl (C=O) groups is 1. The molecule has 1 aliphatic heterocycles. The first kappa shape index (κ1) is 16.3. The van der Waals surface area contributed by atoms with Crippen LogP contribution in [0.3, 0.4) is 0 Å². The zero-order chi connectivity index (χ0) is 16.2. The molecular formula is C16H24ClN5O. The highest BCUT2D eigenvalue weighted by Gasteiger charge is 2.28. The number of nitrogens with zero attached hydrogens (tertiary/aromatic N) is 3. The fourth-order valence-corrected chi connectivity index (χ4v) is 3.73. The van der Waals surface area contributed by atoms with Gasteiger partial charge >= 0.3 is 0 Å². The predicted octanol–water partition coefficient (Wildman–Crippen LogP) is 2.38. The maximum atomic E-state index is 12.6. The summed E-state index contributed by atoms with van der Waals surface area (Å²) in [5.41, 5.74) is 5.67. The smallest absolute Gasteiger partial charge is 0.225 e. The summed E-state index contributed by atoms with van der Waals surface area (Å²) in [7, 11) is 0. The second-order valence-corrected chi connectivity index (χ2v) is 6.92. The summed E-state index contributed by atoms with van der Waals surface area (Å²) in [5.74, 6) is 1.05. The van der Waals surface area contributed by atoms with E-state index >= 15 is 0 Å². The summed E-state index contributed by atoms with van der Waals surface area (Å²) in [6, 6.07) is 2.06. The predicted molar refractivity (Wildman–Crippen MR) is 91.4 cm³/mol.